The third-order valence-corrected chi connectivity index (χ3v) is 5.49. The largest absolute Gasteiger partial charge is 0.461 e. The molecule has 0 saturated heterocycles. The predicted octanol–water partition coefficient (Wildman–Crippen LogP) is 3.26. The number of nitrogens with zero attached hydrogens (tertiary/aromatic N) is 1. The van der Waals surface area contributed by atoms with Gasteiger partial charge in [0.2, 0.25) is 0 Å². The quantitative estimate of drug-likeness (QED) is 0.640. The number of rotatable bonds is 9. The molecule has 2 aromatic rings. The molecule has 0 radical (unpaired) electrons. The Kier molecular flexibility index (Phi) is 7.47. The second kappa shape index (κ2) is 9.61. The summed E-state index contributed by atoms with van der Waals surface area (Å²) in [5.74, 6) is -2.47. The molecule has 0 aliphatic rings. The van der Waals surface area contributed by atoms with Crippen LogP contribution in [0.25, 0.3) is 0 Å². The number of nitrogens with one attached hydrogen (secondary N) is 1. The van der Waals surface area contributed by atoms with Gasteiger partial charge in [-0.25, -0.2) is 22.0 Å². The average Bonchev–Trinajstić information content (AvgIpc) is 2.67. The highest BCUT2D eigenvalue weighted by Crippen LogP contribution is 2.20. The highest BCUT2D eigenvalue weighted by Gasteiger charge is 2.20. The molecule has 152 valence electrons. The van der Waals surface area contributed by atoms with Crippen LogP contribution >= 0.6 is 0 Å². The van der Waals surface area contributed by atoms with Crippen molar-refractivity contribution in [2.45, 2.75) is 18.7 Å². The Hall–Kier alpha value is -2.52. The third kappa shape index (κ3) is 5.74. The van der Waals surface area contributed by atoms with Gasteiger partial charge < -0.3 is 9.64 Å². The summed E-state index contributed by atoms with van der Waals surface area (Å²) < 4.78 is 58.8. The van der Waals surface area contributed by atoms with Crippen LogP contribution in [0.5, 0.6) is 0 Å². The summed E-state index contributed by atoms with van der Waals surface area (Å²) in [6.45, 7) is 6.61. The maximum atomic E-state index is 13.7. The average molecular weight is 412 g/mol. The van der Waals surface area contributed by atoms with Gasteiger partial charge in [-0.05, 0) is 55.6 Å². The number of likely N-dealkylation sites (N-methyl/N-ethyl adjacent to an activating group) is 1. The molecule has 0 saturated carbocycles. The van der Waals surface area contributed by atoms with Crippen molar-refractivity contribution in [3.63, 3.8) is 0 Å². The summed E-state index contributed by atoms with van der Waals surface area (Å²) in [6.07, 6.45) is 0. The normalized spacial score (nSPS) is 11.5. The van der Waals surface area contributed by atoms with Gasteiger partial charge in [-0.2, -0.15) is 0 Å². The Morgan fingerprint density at radius 1 is 1.07 bits per heavy atom. The van der Waals surface area contributed by atoms with E-state index in [0.29, 0.717) is 12.6 Å². The van der Waals surface area contributed by atoms with Crippen molar-refractivity contribution in [3.05, 3.63) is 59.7 Å². The van der Waals surface area contributed by atoms with Gasteiger partial charge in [0, 0.05) is 12.2 Å². The summed E-state index contributed by atoms with van der Waals surface area (Å²) in [5.41, 5.74) is 0.350. The van der Waals surface area contributed by atoms with Crippen molar-refractivity contribution in [2.24, 2.45) is 0 Å². The van der Waals surface area contributed by atoms with Crippen molar-refractivity contribution in [3.8, 4) is 0 Å². The lowest BCUT2D eigenvalue weighted by Crippen LogP contribution is -2.27. The lowest BCUT2D eigenvalue weighted by Gasteiger charge is -2.17. The minimum atomic E-state index is -4.32. The molecule has 0 spiro atoms. The van der Waals surface area contributed by atoms with E-state index in [4.69, 9.17) is 4.74 Å². The summed E-state index contributed by atoms with van der Waals surface area (Å²) in [6, 6.07) is 7.63. The summed E-state index contributed by atoms with van der Waals surface area (Å²) in [5, 5.41) is 0. The van der Waals surface area contributed by atoms with E-state index in [1.807, 2.05) is 13.8 Å². The summed E-state index contributed by atoms with van der Waals surface area (Å²) in [4.78, 5) is 13.3. The zero-order valence-corrected chi connectivity index (χ0v) is 16.4. The number of sulfonamides is 1. The molecule has 2 aromatic carbocycles. The van der Waals surface area contributed by atoms with E-state index in [-0.39, 0.29) is 17.9 Å². The number of ether oxygens (including phenoxy) is 1. The van der Waals surface area contributed by atoms with Crippen molar-refractivity contribution in [1.82, 2.24) is 4.90 Å². The molecule has 0 fully saturated rings. The molecule has 2 rings (SSSR count). The van der Waals surface area contributed by atoms with E-state index in [9.17, 15) is 22.0 Å². The number of hydrogen-bond acceptors (Lipinski definition) is 5. The fourth-order valence-electron chi connectivity index (χ4n) is 2.46. The molecule has 0 aliphatic carbocycles. The van der Waals surface area contributed by atoms with Gasteiger partial charge in [-0.3, -0.25) is 4.72 Å². The van der Waals surface area contributed by atoms with E-state index in [1.54, 1.807) is 0 Å². The van der Waals surface area contributed by atoms with Gasteiger partial charge in [0.15, 0.2) is 0 Å². The number of esters is 1. The molecule has 0 bridgehead atoms. The summed E-state index contributed by atoms with van der Waals surface area (Å²) in [7, 11) is -4.32. The maximum absolute atomic E-state index is 13.7. The van der Waals surface area contributed by atoms with E-state index in [0.717, 1.165) is 25.2 Å². The molecule has 0 aromatic heterocycles. The molecule has 28 heavy (non-hydrogen) atoms. The first-order chi connectivity index (χ1) is 13.3. The summed E-state index contributed by atoms with van der Waals surface area (Å²) >= 11 is 0. The fourth-order valence-corrected chi connectivity index (χ4v) is 3.61. The molecular weight excluding hydrogens is 390 g/mol. The second-order valence-electron chi connectivity index (χ2n) is 5.92. The fraction of sp³-hybridized carbons (Fsp3) is 0.316. The Morgan fingerprint density at radius 2 is 1.71 bits per heavy atom. The first-order valence-corrected chi connectivity index (χ1v) is 10.2. The van der Waals surface area contributed by atoms with Crippen LogP contribution < -0.4 is 4.72 Å². The number of anilines is 1. The zero-order valence-electron chi connectivity index (χ0n) is 15.6. The zero-order chi connectivity index (χ0) is 20.7. The van der Waals surface area contributed by atoms with Crippen molar-refractivity contribution in [2.75, 3.05) is 31.0 Å². The Labute approximate surface area is 163 Å². The SMILES string of the molecule is CCN(CC)CCOC(=O)c1ccc(NS(=O)(=O)c2cc(F)ccc2F)cc1. The van der Waals surface area contributed by atoms with Crippen LogP contribution in [-0.2, 0) is 14.8 Å². The molecule has 9 heteroatoms. The molecule has 0 heterocycles. The number of carbonyl (C=O) groups excluding carboxylic acids is 1. The Balaban J connectivity index is 2.02. The van der Waals surface area contributed by atoms with Crippen LogP contribution in [0.15, 0.2) is 47.4 Å². The lowest BCUT2D eigenvalue weighted by atomic mass is 10.2. The van der Waals surface area contributed by atoms with Crippen molar-refractivity contribution >= 4 is 21.7 Å². The number of hydrogen-bond donors (Lipinski definition) is 1. The predicted molar refractivity (Wildman–Crippen MR) is 102 cm³/mol. The van der Waals surface area contributed by atoms with Crippen LogP contribution in [0.4, 0.5) is 14.5 Å². The van der Waals surface area contributed by atoms with Gasteiger partial charge in [0.25, 0.3) is 10.0 Å². The van der Waals surface area contributed by atoms with E-state index >= 15 is 0 Å². The molecule has 1 N–H and O–H groups in total. The third-order valence-electron chi connectivity index (χ3n) is 4.09. The van der Waals surface area contributed by atoms with Crippen molar-refractivity contribution < 1.29 is 26.7 Å². The van der Waals surface area contributed by atoms with Crippen LogP contribution in [-0.4, -0.2) is 45.5 Å². The molecule has 6 nitrogen and oxygen atoms in total. The smallest absolute Gasteiger partial charge is 0.338 e. The molecule has 0 amide bonds. The maximum Gasteiger partial charge on any atom is 0.338 e. The molecular formula is C19H22F2N2O4S. The van der Waals surface area contributed by atoms with E-state index in [2.05, 4.69) is 9.62 Å². The minimum Gasteiger partial charge on any atom is -0.461 e. The first-order valence-electron chi connectivity index (χ1n) is 8.74. The molecule has 0 atom stereocenters. The first kappa shape index (κ1) is 21.8. The van der Waals surface area contributed by atoms with E-state index in [1.165, 1.54) is 24.3 Å². The number of carbonyl (C=O) groups is 1. The number of benzene rings is 2. The lowest BCUT2D eigenvalue weighted by molar-refractivity contribution is 0.0466. The monoisotopic (exact) mass is 412 g/mol. The van der Waals surface area contributed by atoms with Gasteiger partial charge in [-0.15, -0.1) is 0 Å². The van der Waals surface area contributed by atoms with Gasteiger partial charge in [0.1, 0.15) is 23.1 Å². The second-order valence-corrected chi connectivity index (χ2v) is 7.57. The van der Waals surface area contributed by atoms with Gasteiger partial charge in [-0.1, -0.05) is 13.8 Å². The standard InChI is InChI=1S/C19H22F2N2O4S/c1-3-23(4-2)11-12-27-19(24)14-5-8-16(9-6-14)22-28(25,26)18-13-15(20)7-10-17(18)21/h5-10,13,22H,3-4,11-12H2,1-2H3. The van der Waals surface area contributed by atoms with Crippen LogP contribution in [0, 0.1) is 11.6 Å². The van der Waals surface area contributed by atoms with Crippen LogP contribution in [0.2, 0.25) is 0 Å². The number of halogens is 2. The highest BCUT2D eigenvalue weighted by molar-refractivity contribution is 7.92. The molecule has 0 aliphatic heterocycles. The van der Waals surface area contributed by atoms with Gasteiger partial charge >= 0.3 is 5.97 Å². The van der Waals surface area contributed by atoms with E-state index < -0.39 is 32.5 Å². The highest BCUT2D eigenvalue weighted by atomic mass is 32.2. The topological polar surface area (TPSA) is 75.7 Å². The Bertz CT molecular complexity index is 914. The molecule has 0 unspecified atom stereocenters. The van der Waals surface area contributed by atoms with Gasteiger partial charge in [0.05, 0.1) is 5.56 Å². The van der Waals surface area contributed by atoms with Crippen LogP contribution in [0.3, 0.4) is 0 Å². The Morgan fingerprint density at radius 3 is 2.32 bits per heavy atom. The van der Waals surface area contributed by atoms with Crippen molar-refractivity contribution in [1.29, 1.82) is 0 Å². The minimum absolute atomic E-state index is 0.100. The van der Waals surface area contributed by atoms with Crippen LogP contribution in [0.1, 0.15) is 24.2 Å².